The summed E-state index contributed by atoms with van der Waals surface area (Å²) in [7, 11) is 0. The fourth-order valence-electron chi connectivity index (χ4n) is 3.33. The third kappa shape index (κ3) is 2.00. The van der Waals surface area contributed by atoms with E-state index in [1.165, 1.54) is 25.7 Å². The maximum absolute atomic E-state index is 8.90. The van der Waals surface area contributed by atoms with Crippen LogP contribution in [-0.2, 0) is 0 Å². The molecule has 2 aliphatic carbocycles. The maximum Gasteiger partial charge on any atom is 0.0992 e. The number of benzene rings is 1. The van der Waals surface area contributed by atoms with Crippen molar-refractivity contribution >= 4 is 17.3 Å². The van der Waals surface area contributed by atoms with Gasteiger partial charge in [-0.05, 0) is 49.3 Å². The Kier molecular flexibility index (Phi) is 2.72. The second-order valence-corrected chi connectivity index (χ2v) is 5.64. The largest absolute Gasteiger partial charge is 0.381 e. The molecule has 0 heterocycles. The van der Waals surface area contributed by atoms with Crippen molar-refractivity contribution in [3.05, 3.63) is 28.8 Å². The molecule has 3 unspecified atom stereocenters. The Hall–Kier alpha value is -1.20. The van der Waals surface area contributed by atoms with Gasteiger partial charge in [-0.1, -0.05) is 18.0 Å². The van der Waals surface area contributed by atoms with Crippen LogP contribution < -0.4 is 5.32 Å². The minimum absolute atomic E-state index is 0.556. The van der Waals surface area contributed by atoms with E-state index in [2.05, 4.69) is 11.4 Å². The predicted molar refractivity (Wildman–Crippen MR) is 69.0 cm³/mol. The Morgan fingerprint density at radius 3 is 2.82 bits per heavy atom. The van der Waals surface area contributed by atoms with E-state index in [0.29, 0.717) is 16.6 Å². The first-order chi connectivity index (χ1) is 8.26. The van der Waals surface area contributed by atoms with Crippen LogP contribution in [0.5, 0.6) is 0 Å². The van der Waals surface area contributed by atoms with Crippen LogP contribution in [0, 0.1) is 23.2 Å². The van der Waals surface area contributed by atoms with Crippen molar-refractivity contribution in [2.75, 3.05) is 5.32 Å². The molecule has 17 heavy (non-hydrogen) atoms. The van der Waals surface area contributed by atoms with Gasteiger partial charge in [0.15, 0.2) is 0 Å². The predicted octanol–water partition coefficient (Wildman–Crippen LogP) is 3.81. The zero-order valence-corrected chi connectivity index (χ0v) is 10.4. The fourth-order valence-corrected chi connectivity index (χ4v) is 3.50. The lowest BCUT2D eigenvalue weighted by Crippen LogP contribution is -2.25. The van der Waals surface area contributed by atoms with Crippen molar-refractivity contribution in [3.63, 3.8) is 0 Å². The molecule has 1 aromatic carbocycles. The summed E-state index contributed by atoms with van der Waals surface area (Å²) in [4.78, 5) is 0. The first kappa shape index (κ1) is 10.9. The number of rotatable bonds is 2. The van der Waals surface area contributed by atoms with Crippen LogP contribution in [0.2, 0.25) is 5.02 Å². The smallest absolute Gasteiger partial charge is 0.0992 e. The van der Waals surface area contributed by atoms with Crippen LogP contribution in [0.4, 0.5) is 5.69 Å². The molecular weight excluding hydrogens is 232 g/mol. The number of fused-ring (bicyclic) bond motifs is 2. The van der Waals surface area contributed by atoms with Crippen molar-refractivity contribution in [2.45, 2.75) is 31.7 Å². The standard InChI is InChI=1S/C14H15ClN2/c15-12-4-2-10(8-16)7-14(12)17-13-6-9-1-3-11(13)5-9/h2,4,7,9,11,13,17H,1,3,5-6H2. The van der Waals surface area contributed by atoms with E-state index >= 15 is 0 Å². The highest BCUT2D eigenvalue weighted by molar-refractivity contribution is 6.33. The molecule has 0 saturated heterocycles. The Morgan fingerprint density at radius 1 is 1.29 bits per heavy atom. The first-order valence-electron chi connectivity index (χ1n) is 6.22. The van der Waals surface area contributed by atoms with Crippen LogP contribution >= 0.6 is 11.6 Å². The number of anilines is 1. The van der Waals surface area contributed by atoms with Gasteiger partial charge in [-0.25, -0.2) is 0 Å². The summed E-state index contributed by atoms with van der Waals surface area (Å²) >= 11 is 6.16. The SMILES string of the molecule is N#Cc1ccc(Cl)c(NC2CC3CCC2C3)c1. The Morgan fingerprint density at radius 2 is 2.18 bits per heavy atom. The van der Waals surface area contributed by atoms with Crippen LogP contribution in [-0.4, -0.2) is 6.04 Å². The van der Waals surface area contributed by atoms with E-state index in [1.54, 1.807) is 12.1 Å². The molecule has 0 aliphatic heterocycles. The lowest BCUT2D eigenvalue weighted by atomic mass is 9.95. The van der Waals surface area contributed by atoms with Crippen LogP contribution in [0.1, 0.15) is 31.2 Å². The third-order valence-electron chi connectivity index (χ3n) is 4.17. The number of nitrogens with zero attached hydrogens (tertiary/aromatic N) is 1. The molecule has 3 heteroatoms. The van der Waals surface area contributed by atoms with Gasteiger partial charge in [-0.15, -0.1) is 0 Å². The average Bonchev–Trinajstić information content (AvgIpc) is 2.94. The van der Waals surface area contributed by atoms with E-state index in [9.17, 15) is 0 Å². The van der Waals surface area contributed by atoms with Gasteiger partial charge >= 0.3 is 0 Å². The van der Waals surface area contributed by atoms with E-state index in [-0.39, 0.29) is 0 Å². The lowest BCUT2D eigenvalue weighted by molar-refractivity contribution is 0.440. The van der Waals surface area contributed by atoms with Gasteiger partial charge in [0.25, 0.3) is 0 Å². The summed E-state index contributed by atoms with van der Waals surface area (Å²) < 4.78 is 0. The fraction of sp³-hybridized carbons (Fsp3) is 0.500. The van der Waals surface area contributed by atoms with Gasteiger partial charge in [-0.2, -0.15) is 5.26 Å². The summed E-state index contributed by atoms with van der Waals surface area (Å²) in [6, 6.07) is 8.13. The number of halogens is 1. The molecule has 88 valence electrons. The Bertz CT molecular complexity index is 478. The average molecular weight is 247 g/mol. The lowest BCUT2D eigenvalue weighted by Gasteiger charge is -2.24. The molecule has 0 amide bonds. The number of hydrogen-bond acceptors (Lipinski definition) is 2. The summed E-state index contributed by atoms with van der Waals surface area (Å²) in [6.45, 7) is 0. The summed E-state index contributed by atoms with van der Waals surface area (Å²) in [6.07, 6.45) is 5.37. The van der Waals surface area contributed by atoms with Crippen LogP contribution in [0.25, 0.3) is 0 Å². The summed E-state index contributed by atoms with van der Waals surface area (Å²) in [5.74, 6) is 1.72. The van der Waals surface area contributed by atoms with Gasteiger partial charge in [-0.3, -0.25) is 0 Å². The molecule has 2 nitrogen and oxygen atoms in total. The van der Waals surface area contributed by atoms with Crippen molar-refractivity contribution in [1.29, 1.82) is 5.26 Å². The number of hydrogen-bond donors (Lipinski definition) is 1. The molecular formula is C14H15ClN2. The monoisotopic (exact) mass is 246 g/mol. The topological polar surface area (TPSA) is 35.8 Å². The van der Waals surface area contributed by atoms with Gasteiger partial charge in [0, 0.05) is 6.04 Å². The molecule has 1 N–H and O–H groups in total. The molecule has 2 bridgehead atoms. The normalized spacial score (nSPS) is 30.2. The van der Waals surface area contributed by atoms with Crippen molar-refractivity contribution in [1.82, 2.24) is 0 Å². The van der Waals surface area contributed by atoms with E-state index in [4.69, 9.17) is 16.9 Å². The van der Waals surface area contributed by atoms with Gasteiger partial charge in [0.05, 0.1) is 22.3 Å². The van der Waals surface area contributed by atoms with Gasteiger partial charge in [0.2, 0.25) is 0 Å². The van der Waals surface area contributed by atoms with Crippen molar-refractivity contribution < 1.29 is 0 Å². The number of nitrogens with one attached hydrogen (secondary N) is 1. The molecule has 2 saturated carbocycles. The second-order valence-electron chi connectivity index (χ2n) is 5.23. The highest BCUT2D eigenvalue weighted by Crippen LogP contribution is 2.46. The minimum atomic E-state index is 0.556. The van der Waals surface area contributed by atoms with Gasteiger partial charge in [0.1, 0.15) is 0 Å². The second kappa shape index (κ2) is 4.23. The molecule has 3 atom stereocenters. The van der Waals surface area contributed by atoms with E-state index in [1.807, 2.05) is 6.07 Å². The van der Waals surface area contributed by atoms with Crippen LogP contribution in [0.15, 0.2) is 18.2 Å². The zero-order chi connectivity index (χ0) is 11.8. The molecule has 3 rings (SSSR count). The molecule has 2 fully saturated rings. The maximum atomic E-state index is 8.90. The third-order valence-corrected chi connectivity index (χ3v) is 4.50. The van der Waals surface area contributed by atoms with Crippen molar-refractivity contribution in [2.24, 2.45) is 11.8 Å². The molecule has 2 aliphatic rings. The highest BCUT2D eigenvalue weighted by atomic mass is 35.5. The van der Waals surface area contributed by atoms with E-state index in [0.717, 1.165) is 17.5 Å². The molecule has 0 radical (unpaired) electrons. The quantitative estimate of drug-likeness (QED) is 0.861. The van der Waals surface area contributed by atoms with Crippen molar-refractivity contribution in [3.8, 4) is 6.07 Å². The zero-order valence-electron chi connectivity index (χ0n) is 9.62. The first-order valence-corrected chi connectivity index (χ1v) is 6.60. The molecule has 0 aromatic heterocycles. The minimum Gasteiger partial charge on any atom is -0.381 e. The molecule has 1 aromatic rings. The van der Waals surface area contributed by atoms with Crippen LogP contribution in [0.3, 0.4) is 0 Å². The Labute approximate surface area is 107 Å². The summed E-state index contributed by atoms with van der Waals surface area (Å²) in [5, 5.41) is 13.1. The number of nitriles is 1. The molecule has 0 spiro atoms. The summed E-state index contributed by atoms with van der Waals surface area (Å²) in [5.41, 5.74) is 1.59. The van der Waals surface area contributed by atoms with E-state index < -0.39 is 0 Å². The van der Waals surface area contributed by atoms with Gasteiger partial charge < -0.3 is 5.32 Å². The Balaban J connectivity index is 1.79. The highest BCUT2D eigenvalue weighted by Gasteiger charge is 2.39.